The highest BCUT2D eigenvalue weighted by atomic mass is 16.5. The Morgan fingerprint density at radius 3 is 2.42 bits per heavy atom. The smallest absolute Gasteiger partial charge is 0.306 e. The zero-order valence-corrected chi connectivity index (χ0v) is 17.7. The van der Waals surface area contributed by atoms with Crippen LogP contribution in [0.15, 0.2) is 48.5 Å². The van der Waals surface area contributed by atoms with Gasteiger partial charge in [0.05, 0.1) is 18.4 Å². The van der Waals surface area contributed by atoms with Crippen LogP contribution in [0, 0.1) is 0 Å². The quantitative estimate of drug-likeness (QED) is 0.601. The minimum Gasteiger partial charge on any atom is -0.497 e. The fraction of sp³-hybridized carbons (Fsp3) is 0.375. The van der Waals surface area contributed by atoms with E-state index in [1.807, 2.05) is 24.3 Å². The van der Waals surface area contributed by atoms with Gasteiger partial charge in [0.1, 0.15) is 5.75 Å². The van der Waals surface area contributed by atoms with Gasteiger partial charge in [-0.25, -0.2) is 0 Å². The largest absolute Gasteiger partial charge is 0.497 e. The molecule has 0 heterocycles. The van der Waals surface area contributed by atoms with E-state index >= 15 is 0 Å². The molecule has 1 aliphatic rings. The summed E-state index contributed by atoms with van der Waals surface area (Å²) in [6.45, 7) is -0.403. The molecule has 0 atom stereocenters. The molecule has 7 nitrogen and oxygen atoms in total. The molecule has 1 fully saturated rings. The molecule has 3 rings (SSSR count). The van der Waals surface area contributed by atoms with E-state index in [4.69, 9.17) is 9.47 Å². The second kappa shape index (κ2) is 11.2. The van der Waals surface area contributed by atoms with E-state index in [1.54, 1.807) is 31.4 Å². The summed E-state index contributed by atoms with van der Waals surface area (Å²) in [5.74, 6) is -0.406. The SMILES string of the molecule is COc1ccc(CCC(=O)OCC(=O)Nc2ccccc2C(=O)NC2CCCC2)cc1. The third-order valence-electron chi connectivity index (χ3n) is 5.28. The number of nitrogens with one attached hydrogen (secondary N) is 2. The van der Waals surface area contributed by atoms with E-state index in [2.05, 4.69) is 10.6 Å². The van der Waals surface area contributed by atoms with Gasteiger partial charge >= 0.3 is 5.97 Å². The van der Waals surface area contributed by atoms with Crippen molar-refractivity contribution in [2.24, 2.45) is 0 Å². The number of para-hydroxylation sites is 1. The first kappa shape index (κ1) is 22.3. The highest BCUT2D eigenvalue weighted by molar-refractivity contribution is 6.04. The molecule has 0 aliphatic heterocycles. The minimum atomic E-state index is -0.487. The number of rotatable bonds is 9. The van der Waals surface area contributed by atoms with Gasteiger partial charge < -0.3 is 20.1 Å². The lowest BCUT2D eigenvalue weighted by Gasteiger charge is -2.15. The molecule has 164 valence electrons. The van der Waals surface area contributed by atoms with Gasteiger partial charge in [-0.05, 0) is 49.1 Å². The Kier molecular flexibility index (Phi) is 8.04. The average Bonchev–Trinajstić information content (AvgIpc) is 3.30. The monoisotopic (exact) mass is 424 g/mol. The van der Waals surface area contributed by atoms with Gasteiger partial charge in [0.25, 0.3) is 11.8 Å². The molecular formula is C24H28N2O5. The third-order valence-corrected chi connectivity index (χ3v) is 5.28. The molecule has 0 radical (unpaired) electrons. The van der Waals surface area contributed by atoms with E-state index in [0.717, 1.165) is 37.0 Å². The number of amides is 2. The maximum Gasteiger partial charge on any atom is 0.306 e. The number of hydrogen-bond donors (Lipinski definition) is 2. The first-order valence-electron chi connectivity index (χ1n) is 10.5. The Balaban J connectivity index is 1.45. The Bertz CT molecular complexity index is 904. The number of methoxy groups -OCH3 is 1. The molecule has 2 aromatic carbocycles. The average molecular weight is 424 g/mol. The van der Waals surface area contributed by atoms with Crippen molar-refractivity contribution in [1.82, 2.24) is 5.32 Å². The van der Waals surface area contributed by atoms with Gasteiger partial charge in [-0.15, -0.1) is 0 Å². The fourth-order valence-corrected chi connectivity index (χ4v) is 3.57. The van der Waals surface area contributed by atoms with E-state index < -0.39 is 18.5 Å². The van der Waals surface area contributed by atoms with Crippen LogP contribution in [0.4, 0.5) is 5.69 Å². The predicted octanol–water partition coefficient (Wildman–Crippen LogP) is 3.48. The number of ether oxygens (including phenoxy) is 2. The lowest BCUT2D eigenvalue weighted by molar-refractivity contribution is -0.147. The van der Waals surface area contributed by atoms with Gasteiger partial charge in [-0.3, -0.25) is 14.4 Å². The summed E-state index contributed by atoms with van der Waals surface area (Å²) in [5.41, 5.74) is 1.77. The van der Waals surface area contributed by atoms with Crippen LogP contribution in [0.3, 0.4) is 0 Å². The van der Waals surface area contributed by atoms with Gasteiger partial charge in [0, 0.05) is 12.5 Å². The van der Waals surface area contributed by atoms with Crippen LogP contribution in [0.25, 0.3) is 0 Å². The zero-order chi connectivity index (χ0) is 22.1. The van der Waals surface area contributed by atoms with Crippen LogP contribution in [0.2, 0.25) is 0 Å². The van der Waals surface area contributed by atoms with Crippen molar-refractivity contribution in [2.45, 2.75) is 44.6 Å². The van der Waals surface area contributed by atoms with Crippen LogP contribution in [-0.2, 0) is 20.7 Å². The number of esters is 1. The predicted molar refractivity (Wildman–Crippen MR) is 117 cm³/mol. The van der Waals surface area contributed by atoms with Crippen LogP contribution < -0.4 is 15.4 Å². The highest BCUT2D eigenvalue weighted by Crippen LogP contribution is 2.20. The summed E-state index contributed by atoms with van der Waals surface area (Å²) in [7, 11) is 1.60. The van der Waals surface area contributed by atoms with Crippen molar-refractivity contribution in [3.8, 4) is 5.75 Å². The Hall–Kier alpha value is -3.35. The van der Waals surface area contributed by atoms with E-state index in [9.17, 15) is 14.4 Å². The molecule has 0 bridgehead atoms. The first-order valence-corrected chi connectivity index (χ1v) is 10.5. The molecule has 2 amide bonds. The second-order valence-corrected chi connectivity index (χ2v) is 7.56. The number of anilines is 1. The number of aryl methyl sites for hydroxylation is 1. The number of carbonyl (C=O) groups excluding carboxylic acids is 3. The van der Waals surface area contributed by atoms with E-state index in [1.165, 1.54) is 0 Å². The lowest BCUT2D eigenvalue weighted by atomic mass is 10.1. The summed E-state index contributed by atoms with van der Waals surface area (Å²) < 4.78 is 10.2. The molecule has 1 aliphatic carbocycles. The highest BCUT2D eigenvalue weighted by Gasteiger charge is 2.20. The Morgan fingerprint density at radius 2 is 1.71 bits per heavy atom. The first-order chi connectivity index (χ1) is 15.0. The number of hydrogen-bond acceptors (Lipinski definition) is 5. The van der Waals surface area contributed by atoms with Crippen molar-refractivity contribution in [3.05, 3.63) is 59.7 Å². The van der Waals surface area contributed by atoms with Crippen molar-refractivity contribution in [1.29, 1.82) is 0 Å². The maximum absolute atomic E-state index is 12.6. The van der Waals surface area contributed by atoms with Crippen LogP contribution in [-0.4, -0.2) is 37.5 Å². The molecule has 2 N–H and O–H groups in total. The molecule has 31 heavy (non-hydrogen) atoms. The van der Waals surface area contributed by atoms with Gasteiger partial charge in [0.15, 0.2) is 6.61 Å². The minimum absolute atomic E-state index is 0.167. The van der Waals surface area contributed by atoms with Crippen molar-refractivity contribution in [3.63, 3.8) is 0 Å². The standard InChI is InChI=1S/C24H28N2O5/c1-30-19-13-10-17(11-14-19)12-15-23(28)31-16-22(27)26-21-9-5-4-8-20(21)24(29)25-18-6-2-3-7-18/h4-5,8-11,13-14,18H,2-3,6-7,12,15-16H2,1H3,(H,25,29)(H,26,27). The molecule has 0 saturated heterocycles. The Morgan fingerprint density at radius 1 is 1.00 bits per heavy atom. The summed E-state index contributed by atoms with van der Waals surface area (Å²) >= 11 is 0. The number of carbonyl (C=O) groups is 3. The van der Waals surface area contributed by atoms with Crippen molar-refractivity contribution >= 4 is 23.5 Å². The number of benzene rings is 2. The molecular weight excluding hydrogens is 396 g/mol. The normalized spacial score (nSPS) is 13.5. The molecule has 0 aromatic heterocycles. The zero-order valence-electron chi connectivity index (χ0n) is 17.7. The van der Waals surface area contributed by atoms with Crippen LogP contribution >= 0.6 is 0 Å². The second-order valence-electron chi connectivity index (χ2n) is 7.56. The molecule has 1 saturated carbocycles. The molecule has 0 unspecified atom stereocenters. The van der Waals surface area contributed by atoms with Crippen LogP contribution in [0.5, 0.6) is 5.75 Å². The fourth-order valence-electron chi connectivity index (χ4n) is 3.57. The Labute approximate surface area is 182 Å². The third kappa shape index (κ3) is 6.84. The van der Waals surface area contributed by atoms with Gasteiger partial charge in [0.2, 0.25) is 0 Å². The van der Waals surface area contributed by atoms with E-state index in [0.29, 0.717) is 17.7 Å². The van der Waals surface area contributed by atoms with Gasteiger partial charge in [-0.2, -0.15) is 0 Å². The summed E-state index contributed by atoms with van der Waals surface area (Å²) in [6.07, 6.45) is 4.87. The molecule has 0 spiro atoms. The summed E-state index contributed by atoms with van der Waals surface area (Å²) in [5, 5.41) is 5.68. The van der Waals surface area contributed by atoms with E-state index in [-0.39, 0.29) is 18.4 Å². The topological polar surface area (TPSA) is 93.7 Å². The van der Waals surface area contributed by atoms with Gasteiger partial charge in [-0.1, -0.05) is 37.1 Å². The summed E-state index contributed by atoms with van der Waals surface area (Å²) in [4.78, 5) is 36.8. The molecule has 7 heteroatoms. The van der Waals surface area contributed by atoms with Crippen molar-refractivity contribution < 1.29 is 23.9 Å². The lowest BCUT2D eigenvalue weighted by Crippen LogP contribution is -2.33. The van der Waals surface area contributed by atoms with Crippen LogP contribution in [0.1, 0.15) is 48.0 Å². The maximum atomic E-state index is 12.6. The molecule has 2 aromatic rings. The van der Waals surface area contributed by atoms with Crippen molar-refractivity contribution in [2.75, 3.05) is 19.0 Å². The summed E-state index contributed by atoms with van der Waals surface area (Å²) in [6, 6.07) is 14.4.